The summed E-state index contributed by atoms with van der Waals surface area (Å²) in [4.78, 5) is 21.8. The monoisotopic (exact) mass is 514 g/mol. The Balaban J connectivity index is 1.42. The molecule has 2 heterocycles. The van der Waals surface area contributed by atoms with E-state index in [9.17, 15) is 4.79 Å². The van der Waals surface area contributed by atoms with Crippen LogP contribution in [0.1, 0.15) is 57.4 Å². The minimum Gasteiger partial charge on any atom is -0.383 e. The molecule has 2 aromatic heterocycles. The molecule has 0 radical (unpaired) electrons. The van der Waals surface area contributed by atoms with Gasteiger partial charge in [-0.1, -0.05) is 43.2 Å². The minimum absolute atomic E-state index is 0.0174. The molecule has 0 spiro atoms. The fourth-order valence-corrected chi connectivity index (χ4v) is 5.72. The number of nitrogen functional groups attached to an aromatic ring is 1. The first-order valence-electron chi connectivity index (χ1n) is 13.6. The van der Waals surface area contributed by atoms with E-state index in [1.54, 1.807) is 0 Å². The lowest BCUT2D eigenvalue weighted by molar-refractivity contribution is -0.125. The van der Waals surface area contributed by atoms with Gasteiger partial charge in [-0.2, -0.15) is 0 Å². The van der Waals surface area contributed by atoms with E-state index in [2.05, 4.69) is 62.1 Å². The molecule has 1 amide bonds. The summed E-state index contributed by atoms with van der Waals surface area (Å²) in [6, 6.07) is 8.65. The third-order valence-electron chi connectivity index (χ3n) is 7.69. The molecule has 200 valence electrons. The zero-order valence-corrected chi connectivity index (χ0v) is 22.4. The van der Waals surface area contributed by atoms with Crippen molar-refractivity contribution in [1.82, 2.24) is 19.9 Å². The Kier molecular flexibility index (Phi) is 7.79. The molecular formula is C30H38N6O2. The number of hydrogen-bond acceptors (Lipinski definition) is 6. The normalized spacial score (nSPS) is 17.9. The number of nitrogens with two attached hydrogens (primary N) is 1. The second-order valence-electron chi connectivity index (χ2n) is 10.6. The molecule has 1 aromatic carbocycles. The lowest BCUT2D eigenvalue weighted by Crippen LogP contribution is -2.37. The molecule has 8 heteroatoms. The topological polar surface area (TPSA) is 107 Å². The summed E-state index contributed by atoms with van der Waals surface area (Å²) in [6.45, 7) is 6.75. The zero-order chi connectivity index (χ0) is 26.6. The van der Waals surface area contributed by atoms with Crippen molar-refractivity contribution in [3.63, 3.8) is 0 Å². The first-order valence-corrected chi connectivity index (χ1v) is 13.6. The molecule has 0 aliphatic heterocycles. The number of anilines is 2. The predicted octanol–water partition coefficient (Wildman–Crippen LogP) is 5.42. The highest BCUT2D eigenvalue weighted by Gasteiger charge is 2.29. The van der Waals surface area contributed by atoms with Crippen molar-refractivity contribution in [3.8, 4) is 11.3 Å². The van der Waals surface area contributed by atoms with E-state index in [0.717, 1.165) is 71.2 Å². The van der Waals surface area contributed by atoms with Crippen LogP contribution in [0.3, 0.4) is 0 Å². The van der Waals surface area contributed by atoms with E-state index >= 15 is 0 Å². The molecule has 0 bridgehead atoms. The SMILES string of the molecule is C=C(C)COCNc1ccc(-c2c(C3=CC[C@@H](C(=O)NC4CCCC4)CC3)c3c(N)ncnc3n2C)cc1. The van der Waals surface area contributed by atoms with Gasteiger partial charge in [-0.05, 0) is 62.3 Å². The van der Waals surface area contributed by atoms with Crippen molar-refractivity contribution >= 4 is 34.0 Å². The van der Waals surface area contributed by atoms with Gasteiger partial charge in [-0.3, -0.25) is 4.79 Å². The predicted molar refractivity (Wildman–Crippen MR) is 153 cm³/mol. The van der Waals surface area contributed by atoms with Gasteiger partial charge in [0.1, 0.15) is 24.5 Å². The number of aryl methyl sites for hydroxylation is 1. The minimum atomic E-state index is 0.0174. The van der Waals surface area contributed by atoms with Crippen LogP contribution in [0, 0.1) is 5.92 Å². The standard InChI is InChI=1S/C30H38N6O2/c1-19(2)16-38-18-34-23-14-12-21(13-15-23)27-25(26-28(31)32-17-33-29(26)36(27)3)20-8-10-22(11-9-20)30(37)35-24-6-4-5-7-24/h8,12-15,17,22,24,34H,1,4-7,9-11,16,18H2,2-3H3,(H,35,37)(H2,31,32,33)/t22-/m1/s1. The molecule has 1 fully saturated rings. The van der Waals surface area contributed by atoms with E-state index < -0.39 is 0 Å². The maximum atomic E-state index is 12.9. The number of fused-ring (bicyclic) bond motifs is 1. The average Bonchev–Trinajstić information content (AvgIpc) is 3.53. The molecule has 2 aliphatic rings. The van der Waals surface area contributed by atoms with Crippen molar-refractivity contribution in [2.75, 3.05) is 24.4 Å². The molecule has 4 N–H and O–H groups in total. The Labute approximate surface area is 224 Å². The summed E-state index contributed by atoms with van der Waals surface area (Å²) in [5.74, 6) is 0.689. The average molecular weight is 515 g/mol. The number of nitrogens with zero attached hydrogens (tertiary/aromatic N) is 3. The number of allylic oxidation sites excluding steroid dienone is 2. The van der Waals surface area contributed by atoms with Crippen LogP contribution in [0.15, 0.2) is 48.8 Å². The summed E-state index contributed by atoms with van der Waals surface area (Å²) < 4.78 is 7.67. The molecule has 1 atom stereocenters. The maximum Gasteiger partial charge on any atom is 0.223 e. The summed E-state index contributed by atoms with van der Waals surface area (Å²) >= 11 is 0. The van der Waals surface area contributed by atoms with Gasteiger partial charge in [0.05, 0.1) is 17.7 Å². The number of rotatable bonds is 9. The van der Waals surface area contributed by atoms with Gasteiger partial charge in [-0.25, -0.2) is 9.97 Å². The Morgan fingerprint density at radius 1 is 1.18 bits per heavy atom. The molecule has 5 rings (SSSR count). The Bertz CT molecular complexity index is 1350. The largest absolute Gasteiger partial charge is 0.383 e. The smallest absolute Gasteiger partial charge is 0.223 e. The van der Waals surface area contributed by atoms with Crippen LogP contribution >= 0.6 is 0 Å². The van der Waals surface area contributed by atoms with Crippen molar-refractivity contribution in [2.45, 2.75) is 57.9 Å². The van der Waals surface area contributed by atoms with Gasteiger partial charge < -0.3 is 25.7 Å². The molecule has 2 aliphatic carbocycles. The molecule has 1 saturated carbocycles. The highest BCUT2D eigenvalue weighted by atomic mass is 16.5. The highest BCUT2D eigenvalue weighted by Crippen LogP contribution is 2.43. The maximum absolute atomic E-state index is 12.9. The van der Waals surface area contributed by atoms with E-state index in [1.807, 2.05) is 14.0 Å². The summed E-state index contributed by atoms with van der Waals surface area (Å²) in [5.41, 5.74) is 13.6. The van der Waals surface area contributed by atoms with E-state index in [-0.39, 0.29) is 11.8 Å². The second-order valence-corrected chi connectivity index (χ2v) is 10.6. The summed E-state index contributed by atoms with van der Waals surface area (Å²) in [6.07, 6.45) is 10.7. The molecular weight excluding hydrogens is 476 g/mol. The van der Waals surface area contributed by atoms with Crippen LogP contribution in [0.4, 0.5) is 11.5 Å². The van der Waals surface area contributed by atoms with Crippen molar-refractivity contribution < 1.29 is 9.53 Å². The Morgan fingerprint density at radius 2 is 1.95 bits per heavy atom. The first kappa shape index (κ1) is 26.0. The first-order chi connectivity index (χ1) is 18.4. The third-order valence-corrected chi connectivity index (χ3v) is 7.69. The Hall–Kier alpha value is -3.65. The fourth-order valence-electron chi connectivity index (χ4n) is 5.72. The number of carbonyl (C=O) groups excluding carboxylic acids is 1. The van der Waals surface area contributed by atoms with Gasteiger partial charge in [0, 0.05) is 30.3 Å². The highest BCUT2D eigenvalue weighted by molar-refractivity contribution is 6.04. The molecule has 0 unspecified atom stereocenters. The van der Waals surface area contributed by atoms with E-state index in [1.165, 1.54) is 24.7 Å². The van der Waals surface area contributed by atoms with Crippen molar-refractivity contribution in [3.05, 3.63) is 54.4 Å². The van der Waals surface area contributed by atoms with E-state index in [0.29, 0.717) is 25.2 Å². The van der Waals surface area contributed by atoms with Crippen LogP contribution in [0.25, 0.3) is 27.9 Å². The van der Waals surface area contributed by atoms with Crippen LogP contribution in [0.2, 0.25) is 0 Å². The van der Waals surface area contributed by atoms with Gasteiger partial charge in [0.15, 0.2) is 0 Å². The number of ether oxygens (including phenoxy) is 1. The molecule has 0 saturated heterocycles. The lowest BCUT2D eigenvalue weighted by atomic mass is 9.84. The molecule has 38 heavy (non-hydrogen) atoms. The summed E-state index contributed by atoms with van der Waals surface area (Å²) in [7, 11) is 2.02. The van der Waals surface area contributed by atoms with Gasteiger partial charge in [0.25, 0.3) is 0 Å². The third kappa shape index (κ3) is 5.45. The van der Waals surface area contributed by atoms with Gasteiger partial charge >= 0.3 is 0 Å². The van der Waals surface area contributed by atoms with Crippen molar-refractivity contribution in [1.29, 1.82) is 0 Å². The van der Waals surface area contributed by atoms with Crippen LogP contribution in [0.5, 0.6) is 0 Å². The van der Waals surface area contributed by atoms with Crippen LogP contribution < -0.4 is 16.4 Å². The van der Waals surface area contributed by atoms with Crippen LogP contribution in [-0.2, 0) is 16.6 Å². The number of carbonyl (C=O) groups is 1. The lowest BCUT2D eigenvalue weighted by Gasteiger charge is -2.24. The fraction of sp³-hybridized carbons (Fsp3) is 0.433. The number of benzene rings is 1. The second kappa shape index (κ2) is 11.4. The number of aromatic nitrogens is 3. The quantitative estimate of drug-likeness (QED) is 0.200. The van der Waals surface area contributed by atoms with Crippen LogP contribution in [-0.4, -0.2) is 39.8 Å². The Morgan fingerprint density at radius 3 is 2.63 bits per heavy atom. The van der Waals surface area contributed by atoms with E-state index in [4.69, 9.17) is 10.5 Å². The molecule has 8 nitrogen and oxygen atoms in total. The van der Waals surface area contributed by atoms with Gasteiger partial charge in [0.2, 0.25) is 5.91 Å². The van der Waals surface area contributed by atoms with Crippen molar-refractivity contribution in [2.24, 2.45) is 13.0 Å². The molecule has 3 aromatic rings. The zero-order valence-electron chi connectivity index (χ0n) is 22.4. The number of hydrogen-bond donors (Lipinski definition) is 3. The number of nitrogens with one attached hydrogen (secondary N) is 2. The summed E-state index contributed by atoms with van der Waals surface area (Å²) in [5, 5.41) is 7.44. The van der Waals surface area contributed by atoms with Gasteiger partial charge in [-0.15, -0.1) is 0 Å². The number of amides is 1.